The van der Waals surface area contributed by atoms with Crippen LogP contribution in [0.1, 0.15) is 41.8 Å². The van der Waals surface area contributed by atoms with E-state index in [4.69, 9.17) is 9.72 Å². The van der Waals surface area contributed by atoms with Crippen LogP contribution in [0.4, 0.5) is 0 Å². The highest BCUT2D eigenvalue weighted by molar-refractivity contribution is 5.85. The van der Waals surface area contributed by atoms with E-state index in [9.17, 15) is 10.2 Å². The van der Waals surface area contributed by atoms with Crippen LogP contribution < -0.4 is 4.74 Å². The summed E-state index contributed by atoms with van der Waals surface area (Å²) in [5, 5.41) is 24.2. The molecule has 7 rings (SSSR count). The molecule has 1 aromatic heterocycles. The Kier molecular flexibility index (Phi) is 3.82. The number of aromatic hydroxyl groups is 1. The zero-order chi connectivity index (χ0) is 20.3. The van der Waals surface area contributed by atoms with E-state index in [2.05, 4.69) is 24.0 Å². The van der Waals surface area contributed by atoms with Crippen molar-refractivity contribution < 1.29 is 14.9 Å². The number of halogens is 1. The van der Waals surface area contributed by atoms with Crippen LogP contribution in [0, 0.1) is 0 Å². The molecule has 2 N–H and O–H groups in total. The lowest BCUT2D eigenvalue weighted by atomic mass is 9.49. The lowest BCUT2D eigenvalue weighted by Crippen LogP contribution is -2.74. The zero-order valence-electron chi connectivity index (χ0n) is 17.3. The van der Waals surface area contributed by atoms with Crippen LogP contribution in [0.15, 0.2) is 42.5 Å². The quantitative estimate of drug-likeness (QED) is 0.609. The summed E-state index contributed by atoms with van der Waals surface area (Å²) < 4.78 is 6.53. The van der Waals surface area contributed by atoms with Crippen LogP contribution in [0.2, 0.25) is 0 Å². The average Bonchev–Trinajstić information content (AvgIpc) is 3.10. The number of nitrogens with zero attached hydrogens (tertiary/aromatic N) is 2. The molecule has 2 aliphatic carbocycles. The Labute approximate surface area is 187 Å². The number of ether oxygens (including phenoxy) is 1. The number of rotatable bonds is 1. The summed E-state index contributed by atoms with van der Waals surface area (Å²) in [4.78, 5) is 7.47. The zero-order valence-corrected chi connectivity index (χ0v) is 18.2. The maximum absolute atomic E-state index is 12.5. The van der Waals surface area contributed by atoms with Crippen LogP contribution >= 0.6 is 12.4 Å². The molecule has 0 radical (unpaired) electrons. The molecule has 160 valence electrons. The summed E-state index contributed by atoms with van der Waals surface area (Å²) in [6.07, 6.45) is 1.77. The van der Waals surface area contributed by atoms with Crippen molar-refractivity contribution in [3.63, 3.8) is 0 Å². The van der Waals surface area contributed by atoms with Gasteiger partial charge in [0.1, 0.15) is 0 Å². The second-order valence-corrected chi connectivity index (χ2v) is 9.34. The number of pyridine rings is 1. The van der Waals surface area contributed by atoms with Crippen molar-refractivity contribution >= 4 is 23.3 Å². The molecule has 2 bridgehead atoms. The van der Waals surface area contributed by atoms with Gasteiger partial charge in [-0.2, -0.15) is 0 Å². The number of phenolic OH excluding ortho intramolecular Hbond substituents is 1. The number of aromatic nitrogens is 1. The monoisotopic (exact) mass is 436 g/mol. The van der Waals surface area contributed by atoms with Gasteiger partial charge < -0.3 is 14.9 Å². The average molecular weight is 437 g/mol. The van der Waals surface area contributed by atoms with E-state index in [1.54, 1.807) is 6.07 Å². The molecule has 3 heterocycles. The van der Waals surface area contributed by atoms with Gasteiger partial charge in [0.2, 0.25) is 0 Å². The number of likely N-dealkylation sites (tertiary alicyclic amines) is 1. The first-order chi connectivity index (χ1) is 14.6. The second-order valence-electron chi connectivity index (χ2n) is 9.34. The van der Waals surface area contributed by atoms with Crippen molar-refractivity contribution in [1.29, 1.82) is 0 Å². The first-order valence-electron chi connectivity index (χ1n) is 10.9. The molecular weight excluding hydrogens is 412 g/mol. The largest absolute Gasteiger partial charge is 0.504 e. The molecular formula is C25H25ClN2O3. The van der Waals surface area contributed by atoms with E-state index in [1.165, 1.54) is 5.56 Å². The molecule has 2 aliphatic heterocycles. The maximum atomic E-state index is 12.5. The fourth-order valence-electron chi connectivity index (χ4n) is 7.01. The fourth-order valence-corrected chi connectivity index (χ4v) is 7.01. The van der Waals surface area contributed by atoms with Crippen molar-refractivity contribution in [3.05, 3.63) is 64.8 Å². The lowest BCUT2D eigenvalue weighted by Gasteiger charge is -2.62. The van der Waals surface area contributed by atoms with Gasteiger partial charge in [0, 0.05) is 23.4 Å². The van der Waals surface area contributed by atoms with Gasteiger partial charge in [-0.1, -0.05) is 31.2 Å². The molecule has 6 heteroatoms. The SMILES string of the molecule is CCN1CC[C@]23c4c5ccc(O)c4O[C@H]2c2nc4ccccc4cc2C[C@@]3(O)[C@H]1C5.Cl. The second kappa shape index (κ2) is 6.12. The Morgan fingerprint density at radius 3 is 2.87 bits per heavy atom. The molecule has 1 saturated heterocycles. The van der Waals surface area contributed by atoms with E-state index >= 15 is 0 Å². The minimum absolute atomic E-state index is 0. The Bertz CT molecular complexity index is 1250. The smallest absolute Gasteiger partial charge is 0.166 e. The number of para-hydroxylation sites is 1. The normalized spacial score (nSPS) is 32.1. The van der Waals surface area contributed by atoms with Gasteiger partial charge >= 0.3 is 0 Å². The van der Waals surface area contributed by atoms with E-state index < -0.39 is 11.0 Å². The fraction of sp³-hybridized carbons (Fsp3) is 0.400. The van der Waals surface area contributed by atoms with Crippen molar-refractivity contribution in [2.75, 3.05) is 13.1 Å². The van der Waals surface area contributed by atoms with Crippen molar-refractivity contribution in [1.82, 2.24) is 9.88 Å². The van der Waals surface area contributed by atoms with Crippen LogP contribution in [-0.4, -0.2) is 44.8 Å². The number of benzene rings is 2. The molecule has 31 heavy (non-hydrogen) atoms. The highest BCUT2D eigenvalue weighted by atomic mass is 35.5. The van der Waals surface area contributed by atoms with Gasteiger partial charge in [0.15, 0.2) is 17.6 Å². The van der Waals surface area contributed by atoms with Gasteiger partial charge in [-0.25, -0.2) is 4.98 Å². The Morgan fingerprint density at radius 1 is 1.19 bits per heavy atom. The van der Waals surface area contributed by atoms with E-state index in [-0.39, 0.29) is 30.3 Å². The van der Waals surface area contributed by atoms with Gasteiger partial charge in [-0.3, -0.25) is 4.90 Å². The topological polar surface area (TPSA) is 65.8 Å². The number of aliphatic hydroxyl groups is 1. The molecule has 1 spiro atoms. The molecule has 4 atom stereocenters. The maximum Gasteiger partial charge on any atom is 0.166 e. The van der Waals surface area contributed by atoms with E-state index in [0.29, 0.717) is 12.2 Å². The minimum atomic E-state index is -0.949. The summed E-state index contributed by atoms with van der Waals surface area (Å²) >= 11 is 0. The molecule has 5 nitrogen and oxygen atoms in total. The Morgan fingerprint density at radius 2 is 2.03 bits per heavy atom. The van der Waals surface area contributed by atoms with Crippen molar-refractivity contribution in [2.45, 2.75) is 49.3 Å². The molecule has 0 saturated carbocycles. The Hall–Kier alpha value is -2.34. The minimum Gasteiger partial charge on any atom is -0.504 e. The van der Waals surface area contributed by atoms with E-state index in [0.717, 1.165) is 53.7 Å². The predicted molar refractivity (Wildman–Crippen MR) is 120 cm³/mol. The molecule has 1 fully saturated rings. The van der Waals surface area contributed by atoms with Gasteiger partial charge in [-0.05, 0) is 55.3 Å². The molecule has 2 aromatic carbocycles. The number of piperidine rings is 1. The highest BCUT2D eigenvalue weighted by Crippen LogP contribution is 2.68. The van der Waals surface area contributed by atoms with E-state index in [1.807, 2.05) is 24.3 Å². The molecule has 4 aliphatic rings. The number of phenols is 1. The third-order valence-corrected chi connectivity index (χ3v) is 8.27. The number of hydrogen-bond acceptors (Lipinski definition) is 5. The van der Waals surface area contributed by atoms with Gasteiger partial charge in [-0.15, -0.1) is 12.4 Å². The van der Waals surface area contributed by atoms with Crippen LogP contribution in [0.3, 0.4) is 0 Å². The molecule has 0 amide bonds. The third kappa shape index (κ3) is 2.08. The highest BCUT2D eigenvalue weighted by Gasteiger charge is 2.72. The van der Waals surface area contributed by atoms with Crippen LogP contribution in [0.25, 0.3) is 10.9 Å². The third-order valence-electron chi connectivity index (χ3n) is 8.27. The number of fused-ring (bicyclic) bond motifs is 3. The molecule has 0 unspecified atom stereocenters. The summed E-state index contributed by atoms with van der Waals surface area (Å²) in [6.45, 7) is 4.01. The summed E-state index contributed by atoms with van der Waals surface area (Å²) in [7, 11) is 0. The summed E-state index contributed by atoms with van der Waals surface area (Å²) in [5.74, 6) is 0.723. The summed E-state index contributed by atoms with van der Waals surface area (Å²) in [5.41, 5.74) is 3.65. The van der Waals surface area contributed by atoms with Crippen LogP contribution in [-0.2, 0) is 18.3 Å². The number of likely N-dealkylation sites (N-methyl/N-ethyl adjacent to an activating group) is 1. The first kappa shape index (κ1) is 19.4. The first-order valence-corrected chi connectivity index (χ1v) is 10.9. The lowest BCUT2D eigenvalue weighted by molar-refractivity contribution is -0.172. The predicted octanol–water partition coefficient (Wildman–Crippen LogP) is 3.67. The molecule has 3 aromatic rings. The van der Waals surface area contributed by atoms with Gasteiger partial charge in [0.05, 0.1) is 22.2 Å². The van der Waals surface area contributed by atoms with Crippen LogP contribution in [0.5, 0.6) is 11.5 Å². The van der Waals surface area contributed by atoms with Crippen molar-refractivity contribution in [3.8, 4) is 11.5 Å². The van der Waals surface area contributed by atoms with Gasteiger partial charge in [0.25, 0.3) is 0 Å². The number of hydrogen-bond donors (Lipinski definition) is 2. The van der Waals surface area contributed by atoms with Crippen molar-refractivity contribution in [2.24, 2.45) is 0 Å². The standard InChI is InChI=1S/C25H24N2O3.ClH/c1-2-27-10-9-24-20-15-7-8-18(28)22(20)30-23(24)21-16(13-25(24,29)19(27)12-15)11-14-5-3-4-6-17(14)26-21;/h3-8,11,19,23,28-29H,2,9-10,12-13H2,1H3;1H/t19-,23+,24+,25-;/m1./s1. The summed E-state index contributed by atoms with van der Waals surface area (Å²) in [6, 6.07) is 14.1. The Balaban J connectivity index is 0.00000185.